The maximum Gasteiger partial charge on any atom is 0.244 e. The lowest BCUT2D eigenvalue weighted by Gasteiger charge is -2.30. The minimum Gasteiger partial charge on any atom is -0.324 e. The summed E-state index contributed by atoms with van der Waals surface area (Å²) in [5.74, 6) is -0.683. The minimum atomic E-state index is -0.532. The Kier molecular flexibility index (Phi) is 4.43. The summed E-state index contributed by atoms with van der Waals surface area (Å²) in [6.07, 6.45) is 4.90. The highest BCUT2D eigenvalue weighted by molar-refractivity contribution is 6.09. The van der Waals surface area contributed by atoms with Crippen LogP contribution in [-0.2, 0) is 14.4 Å². The number of hydrogen-bond donors (Lipinski definition) is 1. The fourth-order valence-corrected chi connectivity index (χ4v) is 3.93. The Morgan fingerprint density at radius 1 is 1.17 bits per heavy atom. The van der Waals surface area contributed by atoms with Crippen LogP contribution in [0.5, 0.6) is 0 Å². The molecule has 128 valence electrons. The lowest BCUT2D eigenvalue weighted by molar-refractivity contribution is -0.144. The summed E-state index contributed by atoms with van der Waals surface area (Å²) >= 11 is 0. The van der Waals surface area contributed by atoms with Gasteiger partial charge < -0.3 is 5.32 Å². The molecule has 2 fully saturated rings. The van der Waals surface area contributed by atoms with Gasteiger partial charge in [0.05, 0.1) is 5.41 Å². The molecule has 1 spiro atoms. The van der Waals surface area contributed by atoms with Gasteiger partial charge in [0.25, 0.3) is 0 Å². The van der Waals surface area contributed by atoms with Crippen molar-refractivity contribution in [2.75, 3.05) is 11.9 Å². The molecule has 1 saturated heterocycles. The first-order chi connectivity index (χ1) is 11.4. The van der Waals surface area contributed by atoms with E-state index >= 15 is 0 Å². The van der Waals surface area contributed by atoms with Gasteiger partial charge in [0.1, 0.15) is 6.54 Å². The van der Waals surface area contributed by atoms with Crippen LogP contribution >= 0.6 is 0 Å². The van der Waals surface area contributed by atoms with Gasteiger partial charge in [-0.1, -0.05) is 37.0 Å². The van der Waals surface area contributed by atoms with E-state index in [0.717, 1.165) is 53.8 Å². The Morgan fingerprint density at radius 2 is 1.88 bits per heavy atom. The number of amides is 3. The molecule has 0 unspecified atom stereocenters. The first-order valence-corrected chi connectivity index (χ1v) is 8.63. The highest BCUT2D eigenvalue weighted by Gasteiger charge is 2.51. The summed E-state index contributed by atoms with van der Waals surface area (Å²) in [6.45, 7) is 3.72. The van der Waals surface area contributed by atoms with E-state index in [0.29, 0.717) is 0 Å². The van der Waals surface area contributed by atoms with Crippen LogP contribution in [0.15, 0.2) is 18.2 Å². The summed E-state index contributed by atoms with van der Waals surface area (Å²) < 4.78 is 0. The summed E-state index contributed by atoms with van der Waals surface area (Å²) in [5, 5.41) is 2.81. The van der Waals surface area contributed by atoms with Crippen LogP contribution in [0.4, 0.5) is 5.69 Å². The second-order valence-corrected chi connectivity index (χ2v) is 7.17. The lowest BCUT2D eigenvalue weighted by atomic mass is 9.73. The number of rotatable bonds is 3. The SMILES string of the molecule is Cc1ccc(NC(=O)CN2C(=O)CC3(CCCCC3)C2=O)c(C)c1. The van der Waals surface area contributed by atoms with Crippen LogP contribution in [-0.4, -0.2) is 29.2 Å². The average Bonchev–Trinajstić information content (AvgIpc) is 2.75. The zero-order chi connectivity index (χ0) is 17.3. The van der Waals surface area contributed by atoms with Crippen LogP contribution in [0.25, 0.3) is 0 Å². The number of anilines is 1. The number of imide groups is 1. The van der Waals surface area contributed by atoms with E-state index in [1.54, 1.807) is 0 Å². The van der Waals surface area contributed by atoms with Crippen molar-refractivity contribution in [2.24, 2.45) is 5.41 Å². The van der Waals surface area contributed by atoms with Gasteiger partial charge >= 0.3 is 0 Å². The van der Waals surface area contributed by atoms with Crippen LogP contribution in [0.1, 0.15) is 49.7 Å². The first kappa shape index (κ1) is 16.7. The maximum atomic E-state index is 12.7. The van der Waals surface area contributed by atoms with Crippen molar-refractivity contribution in [3.05, 3.63) is 29.3 Å². The van der Waals surface area contributed by atoms with E-state index in [1.807, 2.05) is 32.0 Å². The molecule has 2 aliphatic rings. The van der Waals surface area contributed by atoms with Gasteiger partial charge in [-0.05, 0) is 38.3 Å². The van der Waals surface area contributed by atoms with Crippen molar-refractivity contribution in [2.45, 2.75) is 52.4 Å². The van der Waals surface area contributed by atoms with Crippen LogP contribution < -0.4 is 5.32 Å². The second kappa shape index (κ2) is 6.38. The average molecular weight is 328 g/mol. The van der Waals surface area contributed by atoms with E-state index in [-0.39, 0.29) is 30.7 Å². The highest BCUT2D eigenvalue weighted by atomic mass is 16.2. The van der Waals surface area contributed by atoms with Crippen molar-refractivity contribution in [3.63, 3.8) is 0 Å². The first-order valence-electron chi connectivity index (χ1n) is 8.63. The fourth-order valence-electron chi connectivity index (χ4n) is 3.93. The number of aryl methyl sites for hydroxylation is 2. The van der Waals surface area contributed by atoms with Crippen molar-refractivity contribution in [1.29, 1.82) is 0 Å². The fraction of sp³-hybridized carbons (Fsp3) is 0.526. The Balaban J connectivity index is 1.68. The van der Waals surface area contributed by atoms with E-state index in [9.17, 15) is 14.4 Å². The predicted molar refractivity (Wildman–Crippen MR) is 91.4 cm³/mol. The second-order valence-electron chi connectivity index (χ2n) is 7.17. The summed E-state index contributed by atoms with van der Waals surface area (Å²) in [6, 6.07) is 5.75. The van der Waals surface area contributed by atoms with E-state index in [4.69, 9.17) is 0 Å². The Hall–Kier alpha value is -2.17. The lowest BCUT2D eigenvalue weighted by Crippen LogP contribution is -2.41. The Bertz CT molecular complexity index is 690. The number of carbonyl (C=O) groups excluding carboxylic acids is 3. The van der Waals surface area contributed by atoms with Crippen molar-refractivity contribution < 1.29 is 14.4 Å². The standard InChI is InChI=1S/C19H24N2O3/c1-13-6-7-15(14(2)10-13)20-16(22)12-21-17(23)11-19(18(21)24)8-4-3-5-9-19/h6-7,10H,3-5,8-9,11-12H2,1-2H3,(H,20,22). The van der Waals surface area contributed by atoms with Crippen molar-refractivity contribution in [1.82, 2.24) is 4.90 Å². The number of benzene rings is 1. The molecule has 5 heteroatoms. The molecule has 1 aromatic rings. The van der Waals surface area contributed by atoms with Crippen LogP contribution in [0.3, 0.4) is 0 Å². The van der Waals surface area contributed by atoms with Crippen LogP contribution in [0, 0.1) is 19.3 Å². The third-order valence-corrected chi connectivity index (χ3v) is 5.26. The summed E-state index contributed by atoms with van der Waals surface area (Å²) in [7, 11) is 0. The number of nitrogens with zero attached hydrogens (tertiary/aromatic N) is 1. The molecule has 24 heavy (non-hydrogen) atoms. The molecule has 0 bridgehead atoms. The molecule has 1 N–H and O–H groups in total. The molecular weight excluding hydrogens is 304 g/mol. The molecule has 3 amide bonds. The van der Waals surface area contributed by atoms with Gasteiger partial charge in [0, 0.05) is 12.1 Å². The molecule has 1 saturated carbocycles. The third kappa shape index (κ3) is 3.07. The Morgan fingerprint density at radius 3 is 2.54 bits per heavy atom. The Labute approximate surface area is 142 Å². The third-order valence-electron chi connectivity index (χ3n) is 5.26. The minimum absolute atomic E-state index is 0.150. The molecule has 1 aliphatic carbocycles. The zero-order valence-corrected chi connectivity index (χ0v) is 14.4. The molecule has 3 rings (SSSR count). The molecule has 1 aromatic carbocycles. The smallest absolute Gasteiger partial charge is 0.244 e. The van der Waals surface area contributed by atoms with Gasteiger partial charge in [-0.2, -0.15) is 0 Å². The number of carbonyl (C=O) groups is 3. The predicted octanol–water partition coefficient (Wildman–Crippen LogP) is 2.95. The number of nitrogens with one attached hydrogen (secondary N) is 1. The largest absolute Gasteiger partial charge is 0.324 e. The quantitative estimate of drug-likeness (QED) is 0.868. The van der Waals surface area contributed by atoms with Gasteiger partial charge in [-0.15, -0.1) is 0 Å². The maximum absolute atomic E-state index is 12.7. The molecule has 1 aliphatic heterocycles. The van der Waals surface area contributed by atoms with Gasteiger partial charge in [-0.25, -0.2) is 0 Å². The molecule has 5 nitrogen and oxygen atoms in total. The van der Waals surface area contributed by atoms with Crippen LogP contribution in [0.2, 0.25) is 0 Å². The van der Waals surface area contributed by atoms with E-state index in [1.165, 1.54) is 0 Å². The van der Waals surface area contributed by atoms with Crippen molar-refractivity contribution in [3.8, 4) is 0 Å². The summed E-state index contributed by atoms with van der Waals surface area (Å²) in [4.78, 5) is 38.5. The van der Waals surface area contributed by atoms with Gasteiger partial charge in [0.2, 0.25) is 17.7 Å². The van der Waals surface area contributed by atoms with Crippen molar-refractivity contribution >= 4 is 23.4 Å². The summed E-state index contributed by atoms with van der Waals surface area (Å²) in [5.41, 5.74) is 2.27. The number of hydrogen-bond acceptors (Lipinski definition) is 3. The van der Waals surface area contributed by atoms with Gasteiger partial charge in [-0.3, -0.25) is 19.3 Å². The van der Waals surface area contributed by atoms with E-state index < -0.39 is 5.41 Å². The topological polar surface area (TPSA) is 66.5 Å². The molecule has 0 aromatic heterocycles. The van der Waals surface area contributed by atoms with E-state index in [2.05, 4.69) is 5.32 Å². The normalized spacial score (nSPS) is 19.8. The molecular formula is C19H24N2O3. The highest BCUT2D eigenvalue weighted by Crippen LogP contribution is 2.45. The molecule has 0 radical (unpaired) electrons. The number of likely N-dealkylation sites (tertiary alicyclic amines) is 1. The zero-order valence-electron chi connectivity index (χ0n) is 14.4. The van der Waals surface area contributed by atoms with Gasteiger partial charge in [0.15, 0.2) is 0 Å². The monoisotopic (exact) mass is 328 g/mol. The molecule has 0 atom stereocenters. The molecule has 1 heterocycles.